The molecule has 0 spiro atoms. The van der Waals surface area contributed by atoms with Crippen LogP contribution >= 0.6 is 0 Å². The highest BCUT2D eigenvalue weighted by Gasteiger charge is 2.33. The first-order valence-electron chi connectivity index (χ1n) is 14.8. The molecular weight excluding hydrogens is 564 g/mol. The number of piperidine rings is 1. The van der Waals surface area contributed by atoms with Crippen LogP contribution in [0, 0.1) is 0 Å². The molecule has 1 atom stereocenters. The van der Waals surface area contributed by atoms with E-state index in [-0.39, 0.29) is 23.1 Å². The van der Waals surface area contributed by atoms with Crippen LogP contribution in [0.1, 0.15) is 30.4 Å². The SMILES string of the molecule is CNCc1ccc(N2C=C3C=C(c4ccc(S(=O)(=O)N(CCCn5cccn5)C5CCNCC5)cc4)NC3NC2=O)cc1. The highest BCUT2D eigenvalue weighted by molar-refractivity contribution is 7.89. The fraction of sp³-hybridized carbons (Fsp3) is 0.355. The number of fused-ring (bicyclic) bond motifs is 1. The van der Waals surface area contributed by atoms with Gasteiger partial charge in [-0.1, -0.05) is 24.3 Å². The Balaban J connectivity index is 1.18. The van der Waals surface area contributed by atoms with Crippen molar-refractivity contribution in [2.45, 2.75) is 49.5 Å². The molecule has 0 radical (unpaired) electrons. The minimum absolute atomic E-state index is 0.0381. The second-order valence-electron chi connectivity index (χ2n) is 11.0. The van der Waals surface area contributed by atoms with E-state index in [0.29, 0.717) is 19.5 Å². The minimum atomic E-state index is -3.70. The molecule has 4 heterocycles. The summed E-state index contributed by atoms with van der Waals surface area (Å²) in [4.78, 5) is 14.8. The number of nitrogens with zero attached hydrogens (tertiary/aromatic N) is 4. The van der Waals surface area contributed by atoms with Gasteiger partial charge in [0.1, 0.15) is 6.17 Å². The Morgan fingerprint density at radius 3 is 2.51 bits per heavy atom. The molecule has 1 unspecified atom stereocenters. The van der Waals surface area contributed by atoms with Gasteiger partial charge in [-0.05, 0) is 86.9 Å². The number of hydrogen-bond acceptors (Lipinski definition) is 7. The number of aryl methyl sites for hydroxylation is 1. The number of anilines is 1. The summed E-state index contributed by atoms with van der Waals surface area (Å²) in [6, 6.07) is 16.5. The van der Waals surface area contributed by atoms with Gasteiger partial charge in [-0.2, -0.15) is 9.40 Å². The predicted octanol–water partition coefficient (Wildman–Crippen LogP) is 2.82. The normalized spacial score (nSPS) is 19.1. The first kappa shape index (κ1) is 29.1. The second-order valence-corrected chi connectivity index (χ2v) is 12.9. The van der Waals surface area contributed by atoms with E-state index in [2.05, 4.69) is 26.4 Å². The Kier molecular flexibility index (Phi) is 8.61. The van der Waals surface area contributed by atoms with Crippen molar-refractivity contribution in [3.63, 3.8) is 0 Å². The average molecular weight is 603 g/mol. The van der Waals surface area contributed by atoms with Crippen LogP contribution < -0.4 is 26.2 Å². The molecule has 0 aliphatic carbocycles. The van der Waals surface area contributed by atoms with Crippen LogP contribution in [-0.4, -0.2) is 67.4 Å². The number of hydrogen-bond donors (Lipinski definition) is 4. The summed E-state index contributed by atoms with van der Waals surface area (Å²) in [7, 11) is -1.80. The summed E-state index contributed by atoms with van der Waals surface area (Å²) in [6.07, 6.45) is 9.37. The Morgan fingerprint density at radius 1 is 1.05 bits per heavy atom. The van der Waals surface area contributed by atoms with Crippen molar-refractivity contribution >= 4 is 27.4 Å². The Bertz CT molecular complexity index is 1580. The van der Waals surface area contributed by atoms with Crippen LogP contribution in [0.25, 0.3) is 5.70 Å². The third kappa shape index (κ3) is 6.37. The lowest BCUT2D eigenvalue weighted by Crippen LogP contribution is -2.51. The molecule has 2 amide bonds. The van der Waals surface area contributed by atoms with Gasteiger partial charge in [-0.25, -0.2) is 13.2 Å². The molecule has 3 aliphatic heterocycles. The number of aromatic nitrogens is 2. The number of sulfonamides is 1. The fourth-order valence-corrected chi connectivity index (χ4v) is 7.58. The van der Waals surface area contributed by atoms with Crippen LogP contribution in [0.2, 0.25) is 0 Å². The molecular formula is C31H38N8O3S. The first-order chi connectivity index (χ1) is 20.9. The van der Waals surface area contributed by atoms with E-state index in [4.69, 9.17) is 0 Å². The highest BCUT2D eigenvalue weighted by atomic mass is 32.2. The van der Waals surface area contributed by atoms with Crippen LogP contribution in [0.15, 0.2) is 89.7 Å². The lowest BCUT2D eigenvalue weighted by Gasteiger charge is -2.34. The van der Waals surface area contributed by atoms with Crippen molar-refractivity contribution < 1.29 is 13.2 Å². The van der Waals surface area contributed by atoms with Crippen molar-refractivity contribution in [1.29, 1.82) is 0 Å². The van der Waals surface area contributed by atoms with Gasteiger partial charge in [0.2, 0.25) is 10.0 Å². The van der Waals surface area contributed by atoms with Crippen molar-refractivity contribution in [2.24, 2.45) is 0 Å². The quantitative estimate of drug-likeness (QED) is 0.266. The number of benzene rings is 2. The average Bonchev–Trinajstić information content (AvgIpc) is 3.70. The van der Waals surface area contributed by atoms with Gasteiger partial charge < -0.3 is 21.3 Å². The first-order valence-corrected chi connectivity index (χ1v) is 16.2. The van der Waals surface area contributed by atoms with E-state index in [0.717, 1.165) is 60.6 Å². The zero-order valence-corrected chi connectivity index (χ0v) is 25.1. The lowest BCUT2D eigenvalue weighted by atomic mass is 10.1. The summed E-state index contributed by atoms with van der Waals surface area (Å²) >= 11 is 0. The maximum absolute atomic E-state index is 13.9. The zero-order valence-electron chi connectivity index (χ0n) is 24.2. The molecule has 1 saturated heterocycles. The van der Waals surface area contributed by atoms with Crippen molar-refractivity contribution in [1.82, 2.24) is 35.4 Å². The Morgan fingerprint density at radius 2 is 1.81 bits per heavy atom. The minimum Gasteiger partial charge on any atom is -0.361 e. The molecule has 1 fully saturated rings. The monoisotopic (exact) mass is 602 g/mol. The van der Waals surface area contributed by atoms with Crippen molar-refractivity contribution in [3.05, 3.63) is 96.0 Å². The molecule has 12 heteroatoms. The molecule has 4 N–H and O–H groups in total. The third-order valence-corrected chi connectivity index (χ3v) is 10.1. The van der Waals surface area contributed by atoms with Gasteiger partial charge in [0, 0.05) is 55.5 Å². The number of carbonyl (C=O) groups is 1. The van der Waals surface area contributed by atoms with E-state index in [1.165, 1.54) is 0 Å². The van der Waals surface area contributed by atoms with Crippen LogP contribution in [0.5, 0.6) is 0 Å². The fourth-order valence-electron chi connectivity index (χ4n) is 5.86. The van der Waals surface area contributed by atoms with Crippen LogP contribution in [0.3, 0.4) is 0 Å². The Hall–Kier alpha value is -3.97. The Labute approximate surface area is 252 Å². The molecule has 2 aromatic carbocycles. The van der Waals surface area contributed by atoms with Gasteiger partial charge in [0.25, 0.3) is 0 Å². The summed E-state index contributed by atoms with van der Waals surface area (Å²) in [6.45, 7) is 3.47. The second kappa shape index (κ2) is 12.7. The predicted molar refractivity (Wildman–Crippen MR) is 166 cm³/mol. The maximum Gasteiger partial charge on any atom is 0.327 e. The van der Waals surface area contributed by atoms with E-state index < -0.39 is 10.0 Å². The van der Waals surface area contributed by atoms with E-state index in [1.54, 1.807) is 27.5 Å². The van der Waals surface area contributed by atoms with Crippen molar-refractivity contribution in [3.8, 4) is 0 Å². The van der Waals surface area contributed by atoms with Crippen molar-refractivity contribution in [2.75, 3.05) is 31.6 Å². The van der Waals surface area contributed by atoms with Crippen LogP contribution in [-0.2, 0) is 23.1 Å². The number of rotatable bonds is 11. The number of urea groups is 1. The summed E-state index contributed by atoms with van der Waals surface area (Å²) in [5.41, 5.74) is 4.50. The molecule has 226 valence electrons. The molecule has 3 aliphatic rings. The van der Waals surface area contributed by atoms with Gasteiger partial charge in [0.05, 0.1) is 10.6 Å². The van der Waals surface area contributed by atoms with Gasteiger partial charge in [-0.3, -0.25) is 9.58 Å². The zero-order chi connectivity index (χ0) is 29.8. The maximum atomic E-state index is 13.9. The van der Waals surface area contributed by atoms with Gasteiger partial charge in [0.15, 0.2) is 0 Å². The lowest BCUT2D eigenvalue weighted by molar-refractivity contribution is 0.244. The highest BCUT2D eigenvalue weighted by Crippen LogP contribution is 2.30. The topological polar surface area (TPSA) is 124 Å². The van der Waals surface area contributed by atoms with Gasteiger partial charge >= 0.3 is 6.03 Å². The van der Waals surface area contributed by atoms with E-state index in [9.17, 15) is 13.2 Å². The van der Waals surface area contributed by atoms with Crippen LogP contribution in [0.4, 0.5) is 10.5 Å². The summed E-state index contributed by atoms with van der Waals surface area (Å²) < 4.78 is 31.3. The molecule has 6 rings (SSSR count). The largest absolute Gasteiger partial charge is 0.361 e. The molecule has 1 aromatic heterocycles. The summed E-state index contributed by atoms with van der Waals surface area (Å²) in [5, 5.41) is 17.1. The third-order valence-electron chi connectivity index (χ3n) is 8.12. The molecule has 0 bridgehead atoms. The van der Waals surface area contributed by atoms with E-state index >= 15 is 0 Å². The van der Waals surface area contributed by atoms with Gasteiger partial charge in [-0.15, -0.1) is 0 Å². The molecule has 11 nitrogen and oxygen atoms in total. The standard InChI is InChI=1S/C31H38N8O3S/c1-32-21-23-4-8-26(9-5-23)38-22-25-20-29(35-30(25)36-31(38)40)24-6-10-28(11-7-24)43(41,42)39(27-12-15-33-16-13-27)19-3-18-37-17-2-14-34-37/h2,4-11,14,17,20,22,27,30,32-33,35H,3,12-13,15-16,18-19,21H2,1H3,(H,36,40). The molecule has 43 heavy (non-hydrogen) atoms. The number of carbonyl (C=O) groups excluding carboxylic acids is 1. The smallest absolute Gasteiger partial charge is 0.327 e. The van der Waals surface area contributed by atoms with E-state index in [1.807, 2.05) is 72.7 Å². The summed E-state index contributed by atoms with van der Waals surface area (Å²) in [5.74, 6) is 0. The molecule has 0 saturated carbocycles. The number of nitrogens with one attached hydrogen (secondary N) is 4. The molecule has 3 aromatic rings. The number of amides is 2.